The van der Waals surface area contributed by atoms with Crippen molar-refractivity contribution in [3.05, 3.63) is 35.7 Å². The monoisotopic (exact) mass is 315 g/mol. The third-order valence-corrected chi connectivity index (χ3v) is 3.22. The zero-order valence-corrected chi connectivity index (χ0v) is 12.9. The summed E-state index contributed by atoms with van der Waals surface area (Å²) < 4.78 is 6.87. The van der Waals surface area contributed by atoms with Crippen LogP contribution in [0.3, 0.4) is 0 Å². The van der Waals surface area contributed by atoms with E-state index < -0.39 is 5.97 Å². The van der Waals surface area contributed by atoms with Crippen LogP contribution in [0.5, 0.6) is 5.75 Å². The molecule has 0 saturated heterocycles. The molecule has 2 rings (SSSR count). The molecule has 1 aromatic carbocycles. The fraction of sp³-hybridized carbons (Fsp3) is 0.312. The minimum absolute atomic E-state index is 0.0261. The smallest absolute Gasteiger partial charge is 0.357 e. The third-order valence-electron chi connectivity index (χ3n) is 3.22. The molecule has 0 saturated carbocycles. The number of hydrogen-bond donors (Lipinski definition) is 1. The van der Waals surface area contributed by atoms with Crippen molar-refractivity contribution in [2.24, 2.45) is 0 Å². The lowest BCUT2D eigenvalue weighted by molar-refractivity contribution is 0.0640. The molecule has 0 amide bonds. The Morgan fingerprint density at radius 2 is 2.17 bits per heavy atom. The first-order chi connectivity index (χ1) is 11.1. The Kier molecular flexibility index (Phi) is 5.20. The molecule has 7 nitrogen and oxygen atoms in total. The number of ether oxygens (including phenoxy) is 1. The zero-order valence-electron chi connectivity index (χ0n) is 12.9. The van der Waals surface area contributed by atoms with Crippen molar-refractivity contribution in [2.75, 3.05) is 13.7 Å². The van der Waals surface area contributed by atoms with Gasteiger partial charge in [-0.3, -0.25) is 0 Å². The molecular formula is C16H17N3O4. The molecule has 0 aliphatic heterocycles. The highest BCUT2D eigenvalue weighted by molar-refractivity contribution is 5.88. The number of nitrogens with zero attached hydrogens (tertiary/aromatic N) is 3. The molecular weight excluding hydrogens is 298 g/mol. The molecule has 0 radical (unpaired) electrons. The molecule has 0 aliphatic carbocycles. The molecule has 7 heteroatoms. The second-order valence-corrected chi connectivity index (χ2v) is 4.76. The van der Waals surface area contributed by atoms with Crippen molar-refractivity contribution in [1.82, 2.24) is 9.71 Å². The summed E-state index contributed by atoms with van der Waals surface area (Å²) in [5.41, 5.74) is 0.956. The Bertz CT molecular complexity index is 746. The number of unbranched alkanes of at least 4 members (excludes halogenated alkanes) is 1. The predicted molar refractivity (Wildman–Crippen MR) is 82.2 cm³/mol. The number of aryl methyl sites for hydroxylation is 1. The molecule has 0 spiro atoms. The van der Waals surface area contributed by atoms with Crippen LogP contribution in [0.25, 0.3) is 11.4 Å². The molecule has 1 N–H and O–H groups in total. The fourth-order valence-corrected chi connectivity index (χ4v) is 2.21. The van der Waals surface area contributed by atoms with Crippen LogP contribution in [0.15, 0.2) is 24.3 Å². The number of carbonyl (C=O) groups is 1. The molecule has 2 aromatic rings. The van der Waals surface area contributed by atoms with Gasteiger partial charge in [-0.05, 0) is 25.5 Å². The second kappa shape index (κ2) is 7.31. The first-order valence-corrected chi connectivity index (χ1v) is 7.06. The van der Waals surface area contributed by atoms with Gasteiger partial charge in [-0.25, -0.2) is 9.78 Å². The topological polar surface area (TPSA) is 97.4 Å². The standard InChI is InChI=1S/C16H17N3O4/c1-11-14(16(20)21)19(22-2)15(18-11)12-7-3-4-8-13(12)23-10-6-5-9-17/h3-4,7-8H,5-6,10H2,1-2H3,(H,20,21). The number of carboxylic acids is 1. The van der Waals surface area contributed by atoms with E-state index in [1.165, 1.54) is 11.8 Å². The highest BCUT2D eigenvalue weighted by Gasteiger charge is 2.23. The minimum Gasteiger partial charge on any atom is -0.493 e. The third kappa shape index (κ3) is 3.43. The lowest BCUT2D eigenvalue weighted by Crippen LogP contribution is -2.16. The maximum Gasteiger partial charge on any atom is 0.357 e. The van der Waals surface area contributed by atoms with Gasteiger partial charge in [-0.15, -0.1) is 0 Å². The largest absolute Gasteiger partial charge is 0.493 e. The summed E-state index contributed by atoms with van der Waals surface area (Å²) in [5.74, 6) is -0.195. The summed E-state index contributed by atoms with van der Waals surface area (Å²) in [6, 6.07) is 9.23. The van der Waals surface area contributed by atoms with E-state index in [2.05, 4.69) is 11.1 Å². The van der Waals surface area contributed by atoms with E-state index >= 15 is 0 Å². The van der Waals surface area contributed by atoms with E-state index in [4.69, 9.17) is 14.8 Å². The summed E-state index contributed by atoms with van der Waals surface area (Å²) in [7, 11) is 1.38. The van der Waals surface area contributed by atoms with Gasteiger partial charge in [0.2, 0.25) is 0 Å². The minimum atomic E-state index is -1.12. The number of carboxylic acid groups (broad SMARTS) is 1. The molecule has 0 unspecified atom stereocenters. The van der Waals surface area contributed by atoms with Gasteiger partial charge < -0.3 is 14.7 Å². The highest BCUT2D eigenvalue weighted by atomic mass is 16.6. The van der Waals surface area contributed by atoms with Crippen LogP contribution >= 0.6 is 0 Å². The highest BCUT2D eigenvalue weighted by Crippen LogP contribution is 2.30. The number of imidazole rings is 1. The maximum absolute atomic E-state index is 11.4. The first kappa shape index (κ1) is 16.4. The maximum atomic E-state index is 11.4. The lowest BCUT2D eigenvalue weighted by Gasteiger charge is -2.12. The molecule has 23 heavy (non-hydrogen) atoms. The number of aromatic nitrogens is 2. The van der Waals surface area contributed by atoms with Gasteiger partial charge in [0.1, 0.15) is 12.9 Å². The van der Waals surface area contributed by atoms with Crippen LogP contribution < -0.4 is 9.57 Å². The molecule has 1 aromatic heterocycles. The zero-order chi connectivity index (χ0) is 16.8. The second-order valence-electron chi connectivity index (χ2n) is 4.76. The SMILES string of the molecule is COn1c(-c2ccccc2OCCCC#N)nc(C)c1C(=O)O. The predicted octanol–water partition coefficient (Wildman–Crippen LogP) is 2.30. The summed E-state index contributed by atoms with van der Waals surface area (Å²) in [6.45, 7) is 2.00. The Morgan fingerprint density at radius 1 is 1.43 bits per heavy atom. The molecule has 0 fully saturated rings. The van der Waals surface area contributed by atoms with Crippen LogP contribution in [0, 0.1) is 18.3 Å². The Balaban J connectivity index is 2.41. The van der Waals surface area contributed by atoms with Crippen molar-refractivity contribution in [3.8, 4) is 23.2 Å². The lowest BCUT2D eigenvalue weighted by atomic mass is 10.2. The van der Waals surface area contributed by atoms with Gasteiger partial charge in [-0.2, -0.15) is 9.99 Å². The van der Waals surface area contributed by atoms with E-state index in [0.29, 0.717) is 42.3 Å². The number of para-hydroxylation sites is 1. The van der Waals surface area contributed by atoms with Crippen LogP contribution in [-0.2, 0) is 0 Å². The molecule has 0 aliphatic rings. The van der Waals surface area contributed by atoms with E-state index in [9.17, 15) is 9.90 Å². The van der Waals surface area contributed by atoms with Crippen LogP contribution in [0.2, 0.25) is 0 Å². The van der Waals surface area contributed by atoms with Crippen molar-refractivity contribution in [2.45, 2.75) is 19.8 Å². The average molecular weight is 315 g/mol. The molecule has 1 heterocycles. The van der Waals surface area contributed by atoms with Crippen LogP contribution in [-0.4, -0.2) is 34.5 Å². The van der Waals surface area contributed by atoms with Crippen molar-refractivity contribution in [3.63, 3.8) is 0 Å². The summed E-state index contributed by atoms with van der Waals surface area (Å²) in [5, 5.41) is 17.9. The Morgan fingerprint density at radius 3 is 2.83 bits per heavy atom. The van der Waals surface area contributed by atoms with Gasteiger partial charge in [-0.1, -0.05) is 12.1 Å². The summed E-state index contributed by atoms with van der Waals surface area (Å²) in [6.07, 6.45) is 1.03. The first-order valence-electron chi connectivity index (χ1n) is 7.06. The Labute approximate surface area is 133 Å². The number of benzene rings is 1. The van der Waals surface area contributed by atoms with Gasteiger partial charge in [0, 0.05) is 6.42 Å². The van der Waals surface area contributed by atoms with Gasteiger partial charge in [0.15, 0.2) is 11.5 Å². The van der Waals surface area contributed by atoms with E-state index in [0.717, 1.165) is 0 Å². The van der Waals surface area contributed by atoms with Crippen molar-refractivity contribution >= 4 is 5.97 Å². The van der Waals surface area contributed by atoms with Crippen molar-refractivity contribution in [1.29, 1.82) is 5.26 Å². The van der Waals surface area contributed by atoms with Crippen LogP contribution in [0.1, 0.15) is 29.0 Å². The number of hydrogen-bond acceptors (Lipinski definition) is 5. The fourth-order valence-electron chi connectivity index (χ4n) is 2.21. The van der Waals surface area contributed by atoms with Gasteiger partial charge >= 0.3 is 5.97 Å². The van der Waals surface area contributed by atoms with Gasteiger partial charge in [0.25, 0.3) is 0 Å². The molecule has 0 bridgehead atoms. The number of nitriles is 1. The van der Waals surface area contributed by atoms with E-state index in [1.807, 2.05) is 12.1 Å². The van der Waals surface area contributed by atoms with Gasteiger partial charge in [0.05, 0.1) is 23.9 Å². The average Bonchev–Trinajstić information content (AvgIpc) is 2.88. The molecule has 120 valence electrons. The van der Waals surface area contributed by atoms with Crippen LogP contribution in [0.4, 0.5) is 0 Å². The molecule has 0 atom stereocenters. The van der Waals surface area contributed by atoms with E-state index in [-0.39, 0.29) is 5.69 Å². The normalized spacial score (nSPS) is 10.1. The number of rotatable bonds is 7. The summed E-state index contributed by atoms with van der Waals surface area (Å²) >= 11 is 0. The van der Waals surface area contributed by atoms with E-state index in [1.54, 1.807) is 19.1 Å². The quantitative estimate of drug-likeness (QED) is 0.787. The Hall–Kier alpha value is -3.01. The number of aromatic carboxylic acids is 1. The van der Waals surface area contributed by atoms with Crippen molar-refractivity contribution < 1.29 is 19.5 Å². The summed E-state index contributed by atoms with van der Waals surface area (Å²) in [4.78, 5) is 20.9.